The summed E-state index contributed by atoms with van der Waals surface area (Å²) in [5.74, 6) is -0.305. The van der Waals surface area contributed by atoms with Crippen LogP contribution in [0.2, 0.25) is 36.3 Å². The van der Waals surface area contributed by atoms with Gasteiger partial charge >= 0.3 is 5.97 Å². The molecule has 228 valence electrons. The molecular weight excluding hydrogens is 537 g/mol. The predicted molar refractivity (Wildman–Crippen MR) is 164 cm³/mol. The second kappa shape index (κ2) is 9.60. The Morgan fingerprint density at radius 1 is 1.00 bits per heavy atom. The van der Waals surface area contributed by atoms with Gasteiger partial charge in [-0.05, 0) is 80.7 Å². The van der Waals surface area contributed by atoms with E-state index in [1.807, 2.05) is 6.92 Å². The quantitative estimate of drug-likeness (QED) is 0.188. The molecule has 1 saturated heterocycles. The van der Waals surface area contributed by atoms with Crippen molar-refractivity contribution in [2.45, 2.75) is 149 Å². The molecule has 0 aromatic heterocycles. The number of carbonyl (C=O) groups is 2. The van der Waals surface area contributed by atoms with Gasteiger partial charge < -0.3 is 18.3 Å². The van der Waals surface area contributed by atoms with E-state index in [2.05, 4.69) is 87.7 Å². The number of carbonyl (C=O) groups excluding carboxylic acids is 2. The Morgan fingerprint density at radius 3 is 2.08 bits per heavy atom. The normalized spacial score (nSPS) is 40.3. The molecule has 6 nitrogen and oxygen atoms in total. The largest absolute Gasteiger partial charge is 0.461 e. The summed E-state index contributed by atoms with van der Waals surface area (Å²) < 4.78 is 27.6. The Bertz CT molecular complexity index is 1080. The van der Waals surface area contributed by atoms with E-state index in [1.165, 1.54) is 12.5 Å². The minimum absolute atomic E-state index is 0.0312. The molecule has 2 saturated carbocycles. The van der Waals surface area contributed by atoms with Crippen molar-refractivity contribution >= 4 is 28.4 Å². The number of ketones is 1. The van der Waals surface area contributed by atoms with Crippen LogP contribution in [-0.2, 0) is 27.9 Å². The number of rotatable bonds is 5. The lowest BCUT2D eigenvalue weighted by atomic mass is 9.42. The van der Waals surface area contributed by atoms with E-state index in [0.29, 0.717) is 6.42 Å². The molecule has 3 fully saturated rings. The van der Waals surface area contributed by atoms with Gasteiger partial charge in [0.05, 0.1) is 18.1 Å². The second-order valence-corrected chi connectivity index (χ2v) is 26.3. The number of Topliss-reactive ketones (excluding diaryl/α,β-unsaturated/α-hetero) is 1. The smallest absolute Gasteiger partial charge is 0.302 e. The van der Waals surface area contributed by atoms with Crippen LogP contribution in [0.25, 0.3) is 0 Å². The average molecular weight is 593 g/mol. The van der Waals surface area contributed by atoms with Crippen molar-refractivity contribution in [3.05, 3.63) is 11.6 Å². The monoisotopic (exact) mass is 592 g/mol. The van der Waals surface area contributed by atoms with Crippen molar-refractivity contribution in [2.24, 2.45) is 22.7 Å². The van der Waals surface area contributed by atoms with E-state index in [-0.39, 0.29) is 51.8 Å². The van der Waals surface area contributed by atoms with Gasteiger partial charge in [0.2, 0.25) is 0 Å². The van der Waals surface area contributed by atoms with Gasteiger partial charge in [0.15, 0.2) is 28.0 Å². The first-order valence-corrected chi connectivity index (χ1v) is 21.2. The van der Waals surface area contributed by atoms with Gasteiger partial charge in [-0.1, -0.05) is 60.1 Å². The van der Waals surface area contributed by atoms with Crippen LogP contribution >= 0.6 is 0 Å². The summed E-state index contributed by atoms with van der Waals surface area (Å²) in [5, 5.41) is -0.0822. The highest BCUT2D eigenvalue weighted by molar-refractivity contribution is 6.74. The maximum Gasteiger partial charge on any atom is 0.302 e. The van der Waals surface area contributed by atoms with Crippen LogP contribution < -0.4 is 0 Å². The molecule has 4 rings (SSSR count). The molecule has 0 radical (unpaired) electrons. The number of fused-ring (bicyclic) bond motifs is 3. The molecule has 40 heavy (non-hydrogen) atoms. The van der Waals surface area contributed by atoms with E-state index in [9.17, 15) is 9.59 Å². The van der Waals surface area contributed by atoms with Crippen molar-refractivity contribution in [1.82, 2.24) is 0 Å². The highest BCUT2D eigenvalue weighted by Crippen LogP contribution is 2.69. The molecule has 8 atom stereocenters. The van der Waals surface area contributed by atoms with Crippen molar-refractivity contribution < 1.29 is 27.9 Å². The fourth-order valence-corrected chi connectivity index (χ4v) is 10.5. The third-order valence-corrected chi connectivity index (χ3v) is 21.1. The number of allylic oxidation sites excluding steroid dienone is 2. The molecule has 0 amide bonds. The number of ether oxygens (including phenoxy) is 2. The van der Waals surface area contributed by atoms with Crippen LogP contribution in [0, 0.1) is 22.7 Å². The molecule has 0 aromatic rings. The van der Waals surface area contributed by atoms with Crippen molar-refractivity contribution in [1.29, 1.82) is 0 Å². The van der Waals surface area contributed by atoms with Crippen LogP contribution in [0.1, 0.15) is 88.5 Å². The lowest BCUT2D eigenvalue weighted by molar-refractivity contribution is -0.217. The first-order valence-electron chi connectivity index (χ1n) is 15.3. The Kier molecular flexibility index (Phi) is 7.71. The fourth-order valence-electron chi connectivity index (χ4n) is 7.86. The summed E-state index contributed by atoms with van der Waals surface area (Å²) in [6, 6.07) is 0. The maximum absolute atomic E-state index is 15.0. The highest BCUT2D eigenvalue weighted by Gasteiger charge is 2.79. The van der Waals surface area contributed by atoms with E-state index in [0.717, 1.165) is 12.8 Å². The van der Waals surface area contributed by atoms with Gasteiger partial charge in [0, 0.05) is 12.8 Å². The average Bonchev–Trinajstić information content (AvgIpc) is 2.96. The zero-order valence-corrected chi connectivity index (χ0v) is 29.7. The Balaban J connectivity index is 2.00. The number of hydrogen-bond acceptors (Lipinski definition) is 6. The summed E-state index contributed by atoms with van der Waals surface area (Å²) in [7, 11) is -4.68. The molecule has 8 heteroatoms. The number of esters is 1. The van der Waals surface area contributed by atoms with Crippen LogP contribution in [0.3, 0.4) is 0 Å². The fraction of sp³-hybridized carbons (Fsp3) is 0.875. The van der Waals surface area contributed by atoms with Gasteiger partial charge in [0.1, 0.15) is 12.2 Å². The molecule has 3 aliphatic carbocycles. The summed E-state index contributed by atoms with van der Waals surface area (Å²) in [6.07, 6.45) is 3.47. The third-order valence-electron chi connectivity index (χ3n) is 12.2. The predicted octanol–water partition coefficient (Wildman–Crippen LogP) is 7.44. The lowest BCUT2D eigenvalue weighted by Crippen LogP contribution is -2.75. The van der Waals surface area contributed by atoms with Crippen molar-refractivity contribution in [3.63, 3.8) is 0 Å². The Hall–Kier alpha value is -0.806. The molecule has 0 aromatic carbocycles. The molecule has 2 bridgehead atoms. The van der Waals surface area contributed by atoms with E-state index in [1.54, 1.807) is 0 Å². The Morgan fingerprint density at radius 2 is 1.55 bits per heavy atom. The maximum atomic E-state index is 15.0. The standard InChI is InChI=1S/C32H56O6Si2/c1-20-16-15-17-30(9)22(20)18-23(36-21(2)33)32-19-35-31(10,27(32)34)26(38-40(13,14)29(6,7)8)24(25(30)32)37-39(11,12)28(3,4)5/h16,22-26H,15,17-19H2,1-14H3/t22-,23-,24+,25+,26-,30-,31+,32+/m0/s1. The van der Waals surface area contributed by atoms with Gasteiger partial charge in [0.25, 0.3) is 0 Å². The van der Waals surface area contributed by atoms with Gasteiger partial charge in [-0.15, -0.1) is 0 Å². The Labute approximate surface area is 245 Å². The van der Waals surface area contributed by atoms with Crippen LogP contribution in [0.4, 0.5) is 0 Å². The van der Waals surface area contributed by atoms with Crippen molar-refractivity contribution in [2.75, 3.05) is 6.61 Å². The van der Waals surface area contributed by atoms with Crippen LogP contribution in [-0.4, -0.2) is 58.9 Å². The minimum atomic E-state index is -2.35. The first-order chi connectivity index (χ1) is 18.0. The zero-order valence-electron chi connectivity index (χ0n) is 27.7. The summed E-state index contributed by atoms with van der Waals surface area (Å²) in [4.78, 5) is 27.5. The zero-order chi connectivity index (χ0) is 30.5. The lowest BCUT2D eigenvalue weighted by Gasteiger charge is -2.65. The summed E-state index contributed by atoms with van der Waals surface area (Å²) >= 11 is 0. The van der Waals surface area contributed by atoms with Gasteiger partial charge in [-0.3, -0.25) is 9.59 Å². The summed E-state index contributed by atoms with van der Waals surface area (Å²) in [6.45, 7) is 30.8. The topological polar surface area (TPSA) is 71.1 Å². The molecular formula is C32H56O6Si2. The van der Waals surface area contributed by atoms with Crippen LogP contribution in [0.5, 0.6) is 0 Å². The SMILES string of the molecule is CC(=O)O[C@H]1C[C@H]2C(C)=CCC[C@]2(C)[C@H]2[C@@H](O[Si](C)(C)C(C)(C)C)[C@H](O[Si](C)(C)C(C)(C)C)[C@@]3(C)OC[C@@]12C3=O. The van der Waals surface area contributed by atoms with Crippen molar-refractivity contribution in [3.8, 4) is 0 Å². The number of hydrogen-bond donors (Lipinski definition) is 0. The van der Waals surface area contributed by atoms with Crippen LogP contribution in [0.15, 0.2) is 11.6 Å². The molecule has 0 unspecified atom stereocenters. The van der Waals surface area contributed by atoms with E-state index in [4.69, 9.17) is 18.3 Å². The van der Waals surface area contributed by atoms with E-state index >= 15 is 0 Å². The van der Waals surface area contributed by atoms with E-state index < -0.39 is 39.9 Å². The highest BCUT2D eigenvalue weighted by atomic mass is 28.4. The van der Waals surface area contributed by atoms with Gasteiger partial charge in [-0.2, -0.15) is 0 Å². The molecule has 4 aliphatic rings. The third kappa shape index (κ3) is 4.58. The molecule has 0 N–H and O–H groups in total. The minimum Gasteiger partial charge on any atom is -0.461 e. The first kappa shape index (κ1) is 32.1. The second-order valence-electron chi connectivity index (χ2n) is 16.8. The molecule has 1 heterocycles. The molecule has 1 aliphatic heterocycles. The molecule has 1 spiro atoms. The van der Waals surface area contributed by atoms with Gasteiger partial charge in [-0.25, -0.2) is 0 Å². The summed E-state index contributed by atoms with van der Waals surface area (Å²) in [5.41, 5.74) is -1.01.